The number of hydrogen-bond donors (Lipinski definition) is 0. The number of nitrogens with zero attached hydrogens (tertiary/aromatic N) is 1. The zero-order chi connectivity index (χ0) is 7.85. The van der Waals surface area contributed by atoms with E-state index < -0.39 is 0 Å². The summed E-state index contributed by atoms with van der Waals surface area (Å²) in [5.41, 5.74) is 0.553. The van der Waals surface area contributed by atoms with Crippen LogP contribution in [-0.2, 0) is 4.79 Å². The van der Waals surface area contributed by atoms with Crippen LogP contribution in [0.15, 0.2) is 0 Å². The van der Waals surface area contributed by atoms with Gasteiger partial charge in [0, 0.05) is 6.42 Å². The molecule has 0 aromatic rings. The van der Waals surface area contributed by atoms with Crippen molar-refractivity contribution in [3.05, 3.63) is 0 Å². The predicted molar refractivity (Wildman–Crippen MR) is 41.0 cm³/mol. The Morgan fingerprint density at radius 1 is 1.55 bits per heavy atom. The van der Waals surface area contributed by atoms with Crippen LogP contribution in [-0.4, -0.2) is 21.9 Å². The highest BCUT2D eigenvalue weighted by Gasteiger charge is 2.80. The maximum absolute atomic E-state index is 11.4. The maximum Gasteiger partial charge on any atom is 0.224 e. The third kappa shape index (κ3) is 0.357. The minimum atomic E-state index is 0.271. The zero-order valence-corrected chi connectivity index (χ0v) is 7.05. The van der Waals surface area contributed by atoms with Crippen LogP contribution < -0.4 is 0 Å². The van der Waals surface area contributed by atoms with Crippen LogP contribution in [0, 0.1) is 5.92 Å². The lowest BCUT2D eigenvalue weighted by molar-refractivity contribution is -0.125. The van der Waals surface area contributed by atoms with Gasteiger partial charge in [0.15, 0.2) is 0 Å². The Morgan fingerprint density at radius 3 is 2.73 bits per heavy atom. The molecule has 0 bridgehead atoms. The lowest BCUT2D eigenvalue weighted by Crippen LogP contribution is -2.20. The van der Waals surface area contributed by atoms with E-state index in [1.54, 1.807) is 0 Å². The summed E-state index contributed by atoms with van der Waals surface area (Å²) in [7, 11) is 0. The Hall–Kier alpha value is -0.530. The van der Waals surface area contributed by atoms with Gasteiger partial charge in [0.1, 0.15) is 0 Å². The van der Waals surface area contributed by atoms with Crippen molar-refractivity contribution < 1.29 is 4.79 Å². The van der Waals surface area contributed by atoms with Gasteiger partial charge in [-0.1, -0.05) is 0 Å². The molecule has 0 spiro atoms. The standard InChI is InChI=1S/C9H13NO/c1-8-4-3-6-5-7(11)10(8)9(6,8)2/h6H,3-5H2,1-2H3. The predicted octanol–water partition coefficient (Wildman–Crippen LogP) is 1.16. The first-order valence-electron chi connectivity index (χ1n) is 4.44. The average molecular weight is 151 g/mol. The number of carbonyl (C=O) groups excluding carboxylic acids is 1. The summed E-state index contributed by atoms with van der Waals surface area (Å²) in [6.07, 6.45) is 3.33. The van der Waals surface area contributed by atoms with Gasteiger partial charge in [0.2, 0.25) is 5.91 Å². The molecular formula is C9H13NO. The second-order valence-electron chi connectivity index (χ2n) is 4.59. The molecular weight excluding hydrogens is 138 g/mol. The lowest BCUT2D eigenvalue weighted by Gasteiger charge is -2.08. The Morgan fingerprint density at radius 2 is 2.27 bits per heavy atom. The summed E-state index contributed by atoms with van der Waals surface area (Å²) in [5.74, 6) is 1.08. The average Bonchev–Trinajstić information content (AvgIpc) is 2.21. The Bertz CT molecular complexity index is 262. The van der Waals surface area contributed by atoms with E-state index in [1.165, 1.54) is 12.8 Å². The summed E-state index contributed by atoms with van der Waals surface area (Å²) < 4.78 is 0. The zero-order valence-electron chi connectivity index (χ0n) is 7.05. The molecule has 3 atom stereocenters. The molecule has 1 aliphatic carbocycles. The monoisotopic (exact) mass is 151 g/mol. The van der Waals surface area contributed by atoms with Crippen molar-refractivity contribution in [3.63, 3.8) is 0 Å². The van der Waals surface area contributed by atoms with Gasteiger partial charge in [0.05, 0.1) is 11.1 Å². The summed E-state index contributed by atoms with van der Waals surface area (Å²) in [5, 5.41) is 0. The van der Waals surface area contributed by atoms with Gasteiger partial charge in [-0.05, 0) is 32.6 Å². The van der Waals surface area contributed by atoms with E-state index in [4.69, 9.17) is 0 Å². The van der Waals surface area contributed by atoms with E-state index >= 15 is 0 Å². The molecule has 3 unspecified atom stereocenters. The summed E-state index contributed by atoms with van der Waals surface area (Å²) >= 11 is 0. The molecule has 2 nitrogen and oxygen atoms in total. The third-order valence-corrected chi connectivity index (χ3v) is 4.44. The number of carbonyl (C=O) groups is 1. The summed E-state index contributed by atoms with van der Waals surface area (Å²) in [6, 6.07) is 0. The van der Waals surface area contributed by atoms with Crippen LogP contribution in [0.25, 0.3) is 0 Å². The lowest BCUT2D eigenvalue weighted by atomic mass is 9.91. The van der Waals surface area contributed by atoms with E-state index in [0.717, 1.165) is 6.42 Å². The van der Waals surface area contributed by atoms with Crippen molar-refractivity contribution in [3.8, 4) is 0 Å². The fourth-order valence-electron chi connectivity index (χ4n) is 3.55. The van der Waals surface area contributed by atoms with E-state index in [2.05, 4.69) is 18.7 Å². The van der Waals surface area contributed by atoms with E-state index in [1.807, 2.05) is 0 Å². The molecule has 1 amide bonds. The largest absolute Gasteiger partial charge is 0.327 e. The first-order chi connectivity index (χ1) is 5.11. The van der Waals surface area contributed by atoms with Gasteiger partial charge in [0.25, 0.3) is 0 Å². The van der Waals surface area contributed by atoms with Crippen molar-refractivity contribution in [1.29, 1.82) is 0 Å². The number of amides is 1. The van der Waals surface area contributed by atoms with E-state index in [0.29, 0.717) is 11.8 Å². The Kier molecular flexibility index (Phi) is 0.677. The van der Waals surface area contributed by atoms with E-state index in [-0.39, 0.29) is 11.1 Å². The fraction of sp³-hybridized carbons (Fsp3) is 0.889. The molecule has 2 heteroatoms. The van der Waals surface area contributed by atoms with Crippen LogP contribution in [0.2, 0.25) is 0 Å². The molecule has 3 aliphatic rings. The molecule has 3 rings (SSSR count). The Balaban J connectivity index is 2.15. The van der Waals surface area contributed by atoms with Crippen molar-refractivity contribution in [2.24, 2.45) is 5.92 Å². The molecule has 0 aromatic carbocycles. The molecule has 11 heavy (non-hydrogen) atoms. The third-order valence-electron chi connectivity index (χ3n) is 4.44. The molecule has 0 radical (unpaired) electrons. The summed E-state index contributed by atoms with van der Waals surface area (Å²) in [4.78, 5) is 13.5. The van der Waals surface area contributed by atoms with Gasteiger partial charge < -0.3 is 4.90 Å². The molecule has 60 valence electrons. The van der Waals surface area contributed by atoms with Gasteiger partial charge in [-0.2, -0.15) is 0 Å². The number of piperidine rings is 2. The van der Waals surface area contributed by atoms with Gasteiger partial charge >= 0.3 is 0 Å². The van der Waals surface area contributed by atoms with Crippen LogP contribution in [0.3, 0.4) is 0 Å². The summed E-state index contributed by atoms with van der Waals surface area (Å²) in [6.45, 7) is 4.50. The quantitative estimate of drug-likeness (QED) is 0.476. The van der Waals surface area contributed by atoms with Crippen molar-refractivity contribution in [1.82, 2.24) is 4.90 Å². The Labute approximate surface area is 66.6 Å². The van der Waals surface area contributed by atoms with Crippen molar-refractivity contribution >= 4 is 5.91 Å². The second-order valence-corrected chi connectivity index (χ2v) is 4.59. The van der Waals surface area contributed by atoms with Gasteiger partial charge in [-0.15, -0.1) is 0 Å². The molecule has 2 saturated heterocycles. The highest BCUT2D eigenvalue weighted by molar-refractivity contribution is 5.87. The molecule has 0 aromatic heterocycles. The van der Waals surface area contributed by atoms with Gasteiger partial charge in [-0.3, -0.25) is 4.79 Å². The fourth-order valence-corrected chi connectivity index (χ4v) is 3.55. The topological polar surface area (TPSA) is 20.1 Å². The van der Waals surface area contributed by atoms with Crippen LogP contribution >= 0.6 is 0 Å². The second kappa shape index (κ2) is 1.23. The smallest absolute Gasteiger partial charge is 0.224 e. The molecule has 3 fully saturated rings. The number of rotatable bonds is 0. The highest BCUT2D eigenvalue weighted by atomic mass is 16.2. The number of hydrogen-bond acceptors (Lipinski definition) is 1. The molecule has 1 saturated carbocycles. The number of fused-ring (bicyclic) bond motifs is 1. The van der Waals surface area contributed by atoms with E-state index in [9.17, 15) is 4.79 Å². The minimum absolute atomic E-state index is 0.271. The first-order valence-corrected chi connectivity index (χ1v) is 4.44. The highest BCUT2D eigenvalue weighted by Crippen LogP contribution is 2.69. The normalized spacial score (nSPS) is 58.5. The van der Waals surface area contributed by atoms with Crippen molar-refractivity contribution in [2.45, 2.75) is 44.2 Å². The SMILES string of the molecule is CC12CCC3CC(=O)N1C32C. The van der Waals surface area contributed by atoms with Crippen LogP contribution in [0.1, 0.15) is 33.1 Å². The maximum atomic E-state index is 11.4. The molecule has 2 heterocycles. The van der Waals surface area contributed by atoms with Crippen LogP contribution in [0.4, 0.5) is 0 Å². The molecule has 0 N–H and O–H groups in total. The van der Waals surface area contributed by atoms with Crippen LogP contribution in [0.5, 0.6) is 0 Å². The first kappa shape index (κ1) is 6.04. The molecule has 2 aliphatic heterocycles. The van der Waals surface area contributed by atoms with Crippen molar-refractivity contribution in [2.75, 3.05) is 0 Å². The van der Waals surface area contributed by atoms with Gasteiger partial charge in [-0.25, -0.2) is 0 Å². The minimum Gasteiger partial charge on any atom is -0.327 e.